The van der Waals surface area contributed by atoms with Crippen molar-refractivity contribution in [3.63, 3.8) is 0 Å². The monoisotopic (exact) mass is 370 g/mol. The molecule has 120 valence electrons. The molecular formula is C15H12Cl2N2O3S. The largest absolute Gasteiger partial charge is 0.506 e. The minimum absolute atomic E-state index is 0.00423. The van der Waals surface area contributed by atoms with Crippen LogP contribution in [0.1, 0.15) is 10.4 Å². The summed E-state index contributed by atoms with van der Waals surface area (Å²) < 4.78 is 5.06. The summed E-state index contributed by atoms with van der Waals surface area (Å²) in [4.78, 5) is 12.1. The molecule has 3 N–H and O–H groups in total. The quantitative estimate of drug-likeness (QED) is 0.565. The number of amides is 1. The summed E-state index contributed by atoms with van der Waals surface area (Å²) in [5, 5.41) is 15.6. The Kier molecular flexibility index (Phi) is 5.65. The van der Waals surface area contributed by atoms with Crippen molar-refractivity contribution in [2.45, 2.75) is 0 Å². The second kappa shape index (κ2) is 7.50. The fourth-order valence-electron chi connectivity index (χ4n) is 1.74. The molecule has 2 aromatic carbocycles. The van der Waals surface area contributed by atoms with Crippen LogP contribution in [0.5, 0.6) is 11.5 Å². The Balaban J connectivity index is 2.09. The molecule has 0 saturated carbocycles. The third-order valence-corrected chi connectivity index (χ3v) is 3.61. The van der Waals surface area contributed by atoms with Crippen molar-refractivity contribution in [3.8, 4) is 11.5 Å². The maximum atomic E-state index is 12.1. The second-order valence-electron chi connectivity index (χ2n) is 4.42. The molecule has 2 aromatic rings. The van der Waals surface area contributed by atoms with E-state index in [1.807, 2.05) is 0 Å². The van der Waals surface area contributed by atoms with Crippen molar-refractivity contribution in [1.82, 2.24) is 5.32 Å². The second-order valence-corrected chi connectivity index (χ2v) is 5.67. The number of methoxy groups -OCH3 is 1. The van der Waals surface area contributed by atoms with Gasteiger partial charge in [-0.25, -0.2) is 0 Å². The maximum Gasteiger partial charge on any atom is 0.258 e. The topological polar surface area (TPSA) is 70.6 Å². The van der Waals surface area contributed by atoms with E-state index in [0.717, 1.165) is 0 Å². The van der Waals surface area contributed by atoms with E-state index in [1.165, 1.54) is 25.3 Å². The van der Waals surface area contributed by atoms with Crippen molar-refractivity contribution in [3.05, 3.63) is 52.0 Å². The fourth-order valence-corrected chi connectivity index (χ4v) is 2.44. The average molecular weight is 371 g/mol. The Bertz CT molecular complexity index is 768. The molecular weight excluding hydrogens is 359 g/mol. The molecule has 23 heavy (non-hydrogen) atoms. The van der Waals surface area contributed by atoms with Crippen molar-refractivity contribution in [2.75, 3.05) is 12.4 Å². The van der Waals surface area contributed by atoms with Gasteiger partial charge in [0.2, 0.25) is 0 Å². The van der Waals surface area contributed by atoms with E-state index in [0.29, 0.717) is 16.5 Å². The van der Waals surface area contributed by atoms with E-state index in [2.05, 4.69) is 10.6 Å². The summed E-state index contributed by atoms with van der Waals surface area (Å²) in [6.45, 7) is 0. The summed E-state index contributed by atoms with van der Waals surface area (Å²) in [6, 6.07) is 9.08. The van der Waals surface area contributed by atoms with Crippen LogP contribution < -0.4 is 15.4 Å². The maximum absolute atomic E-state index is 12.1. The zero-order chi connectivity index (χ0) is 17.0. The summed E-state index contributed by atoms with van der Waals surface area (Å²) in [6.07, 6.45) is 0. The van der Waals surface area contributed by atoms with Crippen LogP contribution in [0.15, 0.2) is 36.4 Å². The molecule has 1 amide bonds. The smallest absolute Gasteiger partial charge is 0.258 e. The zero-order valence-corrected chi connectivity index (χ0v) is 14.2. The van der Waals surface area contributed by atoms with Gasteiger partial charge in [0.15, 0.2) is 5.11 Å². The minimum Gasteiger partial charge on any atom is -0.506 e. The Labute approximate surface area is 148 Å². The molecule has 0 atom stereocenters. The van der Waals surface area contributed by atoms with Crippen LogP contribution in [-0.2, 0) is 0 Å². The number of carbonyl (C=O) groups is 1. The highest BCUT2D eigenvalue weighted by molar-refractivity contribution is 7.80. The van der Waals surface area contributed by atoms with E-state index in [9.17, 15) is 9.90 Å². The first-order valence-electron chi connectivity index (χ1n) is 6.35. The molecule has 0 bridgehead atoms. The highest BCUT2D eigenvalue weighted by Crippen LogP contribution is 2.27. The lowest BCUT2D eigenvalue weighted by molar-refractivity contribution is 0.0978. The minimum atomic E-state index is -0.494. The molecule has 2 rings (SSSR count). The van der Waals surface area contributed by atoms with Gasteiger partial charge in [0, 0.05) is 11.1 Å². The van der Waals surface area contributed by atoms with E-state index >= 15 is 0 Å². The molecule has 0 aliphatic heterocycles. The lowest BCUT2D eigenvalue weighted by Crippen LogP contribution is -2.34. The fraction of sp³-hybridized carbons (Fsp3) is 0.0667. The van der Waals surface area contributed by atoms with Gasteiger partial charge in [0.05, 0.1) is 23.4 Å². The first-order valence-corrected chi connectivity index (χ1v) is 7.51. The Hall–Kier alpha value is -2.02. The normalized spacial score (nSPS) is 10.0. The predicted molar refractivity (Wildman–Crippen MR) is 94.8 cm³/mol. The van der Waals surface area contributed by atoms with E-state index < -0.39 is 5.91 Å². The Morgan fingerprint density at radius 2 is 1.96 bits per heavy atom. The lowest BCUT2D eigenvalue weighted by atomic mass is 10.2. The number of hydrogen-bond donors (Lipinski definition) is 3. The van der Waals surface area contributed by atoms with Crippen LogP contribution in [0.4, 0.5) is 5.69 Å². The predicted octanol–water partition coefficient (Wildman–Crippen LogP) is 3.83. The van der Waals surface area contributed by atoms with Crippen LogP contribution in [-0.4, -0.2) is 23.2 Å². The average Bonchev–Trinajstić information content (AvgIpc) is 2.49. The number of ether oxygens (including phenoxy) is 1. The SMILES string of the molecule is COc1ccc(O)c(NC(=S)NC(=O)c2ccc(Cl)cc2Cl)c1. The number of hydrogen-bond acceptors (Lipinski definition) is 4. The number of benzene rings is 2. The van der Waals surface area contributed by atoms with Gasteiger partial charge in [-0.1, -0.05) is 23.2 Å². The first kappa shape index (κ1) is 17.3. The molecule has 0 unspecified atom stereocenters. The Morgan fingerprint density at radius 3 is 2.61 bits per heavy atom. The van der Waals surface area contributed by atoms with E-state index in [4.69, 9.17) is 40.2 Å². The van der Waals surface area contributed by atoms with Crippen molar-refractivity contribution < 1.29 is 14.6 Å². The Morgan fingerprint density at radius 1 is 1.22 bits per heavy atom. The molecule has 0 aromatic heterocycles. The number of thiocarbonyl (C=S) groups is 1. The molecule has 0 radical (unpaired) electrons. The lowest BCUT2D eigenvalue weighted by Gasteiger charge is -2.12. The van der Waals surface area contributed by atoms with Gasteiger partial charge < -0.3 is 15.2 Å². The molecule has 0 heterocycles. The van der Waals surface area contributed by atoms with Gasteiger partial charge in [0.25, 0.3) is 5.91 Å². The molecule has 5 nitrogen and oxygen atoms in total. The molecule has 0 aliphatic rings. The third-order valence-electron chi connectivity index (χ3n) is 2.85. The number of phenolic OH excluding ortho intramolecular Hbond substituents is 1. The van der Waals surface area contributed by atoms with Gasteiger partial charge >= 0.3 is 0 Å². The number of rotatable bonds is 3. The first-order chi connectivity index (χ1) is 10.9. The van der Waals surface area contributed by atoms with Gasteiger partial charge in [-0.05, 0) is 42.5 Å². The molecule has 0 spiro atoms. The van der Waals surface area contributed by atoms with Crippen LogP contribution in [0.2, 0.25) is 10.0 Å². The highest BCUT2D eigenvalue weighted by Gasteiger charge is 2.13. The van der Waals surface area contributed by atoms with Crippen molar-refractivity contribution in [1.29, 1.82) is 0 Å². The number of phenols is 1. The van der Waals surface area contributed by atoms with Gasteiger partial charge in [-0.2, -0.15) is 0 Å². The number of anilines is 1. The standard InChI is InChI=1S/C15H12Cl2N2O3S/c1-22-9-3-5-13(20)12(7-9)18-15(23)19-14(21)10-4-2-8(16)6-11(10)17/h2-7,20H,1H3,(H2,18,19,21,23). The van der Waals surface area contributed by atoms with E-state index in [-0.39, 0.29) is 21.4 Å². The van der Waals surface area contributed by atoms with Gasteiger partial charge in [-0.15, -0.1) is 0 Å². The number of carbonyl (C=O) groups excluding carboxylic acids is 1. The van der Waals surface area contributed by atoms with Gasteiger partial charge in [-0.3, -0.25) is 10.1 Å². The van der Waals surface area contributed by atoms with Crippen LogP contribution in [0.3, 0.4) is 0 Å². The zero-order valence-electron chi connectivity index (χ0n) is 11.9. The summed E-state index contributed by atoms with van der Waals surface area (Å²) in [5.74, 6) is -0.00125. The number of halogens is 2. The van der Waals surface area contributed by atoms with Crippen molar-refractivity contribution >= 4 is 52.1 Å². The van der Waals surface area contributed by atoms with Crippen molar-refractivity contribution in [2.24, 2.45) is 0 Å². The summed E-state index contributed by atoms with van der Waals surface area (Å²) in [7, 11) is 1.50. The number of nitrogens with one attached hydrogen (secondary N) is 2. The molecule has 0 fully saturated rings. The van der Waals surface area contributed by atoms with Crippen LogP contribution in [0.25, 0.3) is 0 Å². The van der Waals surface area contributed by atoms with Crippen LogP contribution >= 0.6 is 35.4 Å². The van der Waals surface area contributed by atoms with E-state index in [1.54, 1.807) is 18.2 Å². The van der Waals surface area contributed by atoms with Gasteiger partial charge in [0.1, 0.15) is 11.5 Å². The summed E-state index contributed by atoms with van der Waals surface area (Å²) >= 11 is 16.8. The summed E-state index contributed by atoms with van der Waals surface area (Å²) in [5.41, 5.74) is 0.534. The number of aromatic hydroxyl groups is 1. The highest BCUT2D eigenvalue weighted by atomic mass is 35.5. The van der Waals surface area contributed by atoms with Crippen LogP contribution in [0, 0.1) is 0 Å². The molecule has 8 heteroatoms. The molecule has 0 saturated heterocycles. The molecule has 0 aliphatic carbocycles. The third kappa shape index (κ3) is 4.48.